The van der Waals surface area contributed by atoms with Crippen LogP contribution in [0.15, 0.2) is 54.6 Å². The lowest BCUT2D eigenvalue weighted by Crippen LogP contribution is -2.36. The van der Waals surface area contributed by atoms with Crippen LogP contribution in [0.4, 0.5) is 0 Å². The third kappa shape index (κ3) is 5.03. The summed E-state index contributed by atoms with van der Waals surface area (Å²) in [5, 5.41) is 18.4. The highest BCUT2D eigenvalue weighted by molar-refractivity contribution is 6.23. The zero-order valence-electron chi connectivity index (χ0n) is 19.5. The molecular weight excluding hydrogens is 406 g/mol. The number of hydrogen-bond acceptors (Lipinski definition) is 4. The van der Waals surface area contributed by atoms with Crippen molar-refractivity contribution >= 4 is 38.1 Å². The molecule has 0 aromatic heterocycles. The number of Topliss-reactive ketones (excluding diaryl/α,β-unsaturated/α-hetero) is 1. The predicted octanol–water partition coefficient (Wildman–Crippen LogP) is 4.65. The summed E-state index contributed by atoms with van der Waals surface area (Å²) in [7, 11) is 0. The maximum Gasteiger partial charge on any atom is 0.136 e. The van der Waals surface area contributed by atoms with Crippen LogP contribution in [-0.2, 0) is 11.2 Å². The van der Waals surface area contributed by atoms with E-state index < -0.39 is 0 Å². The Hall–Kier alpha value is -2.53. The molecule has 1 aliphatic heterocycles. The zero-order valence-corrected chi connectivity index (χ0v) is 19.5. The summed E-state index contributed by atoms with van der Waals surface area (Å²) in [6, 6.07) is 20.1. The van der Waals surface area contributed by atoms with Crippen LogP contribution in [0.25, 0.3) is 32.3 Å². The first-order chi connectivity index (χ1) is 16.3. The van der Waals surface area contributed by atoms with Crippen LogP contribution in [0, 0.1) is 5.92 Å². The van der Waals surface area contributed by atoms with Crippen molar-refractivity contribution in [1.29, 1.82) is 0 Å². The van der Waals surface area contributed by atoms with Gasteiger partial charge in [0.05, 0.1) is 0 Å². The summed E-state index contributed by atoms with van der Waals surface area (Å²) in [6.45, 7) is 5.75. The van der Waals surface area contributed by atoms with E-state index in [1.807, 2.05) is 0 Å². The maximum absolute atomic E-state index is 13.1. The van der Waals surface area contributed by atoms with E-state index in [4.69, 9.17) is 0 Å². The summed E-state index contributed by atoms with van der Waals surface area (Å²) >= 11 is 0. The van der Waals surface area contributed by atoms with Crippen LogP contribution in [0.3, 0.4) is 0 Å². The highest BCUT2D eigenvalue weighted by atomic mass is 16.1. The van der Waals surface area contributed by atoms with Crippen LogP contribution in [0.2, 0.25) is 0 Å². The highest BCUT2D eigenvalue weighted by Crippen LogP contribution is 2.36. The van der Waals surface area contributed by atoms with Gasteiger partial charge in [-0.05, 0) is 76.7 Å². The minimum absolute atomic E-state index is 0.166. The first kappa shape index (κ1) is 22.3. The summed E-state index contributed by atoms with van der Waals surface area (Å²) in [5.74, 6) is 0.602. The van der Waals surface area contributed by atoms with Crippen LogP contribution in [0.5, 0.6) is 0 Å². The minimum Gasteiger partial charge on any atom is -0.315 e. The largest absolute Gasteiger partial charge is 0.315 e. The molecule has 4 heteroatoms. The molecule has 0 radical (unpaired) electrons. The van der Waals surface area contributed by atoms with Crippen molar-refractivity contribution in [3.8, 4) is 0 Å². The summed E-state index contributed by atoms with van der Waals surface area (Å²) in [5.41, 5.74) is 1.36. The Balaban J connectivity index is 1.27. The molecule has 172 valence electrons. The van der Waals surface area contributed by atoms with Crippen molar-refractivity contribution in [2.75, 3.05) is 39.3 Å². The molecule has 1 fully saturated rings. The van der Waals surface area contributed by atoms with Gasteiger partial charge in [0.2, 0.25) is 0 Å². The Morgan fingerprint density at radius 2 is 1.27 bits per heavy atom. The Labute approximate surface area is 196 Å². The smallest absolute Gasteiger partial charge is 0.136 e. The third-order valence-electron chi connectivity index (χ3n) is 7.24. The molecule has 0 saturated carbocycles. The molecule has 4 aromatic rings. The maximum atomic E-state index is 13.1. The number of carbonyl (C=O) groups is 1. The third-order valence-corrected chi connectivity index (χ3v) is 7.24. The summed E-state index contributed by atoms with van der Waals surface area (Å²) in [4.78, 5) is 13.1. The second kappa shape index (κ2) is 10.6. The van der Waals surface area contributed by atoms with Gasteiger partial charge in [-0.25, -0.2) is 0 Å². The molecule has 4 nitrogen and oxygen atoms in total. The molecule has 3 N–H and O–H groups in total. The lowest BCUT2D eigenvalue weighted by atomic mass is 9.89. The van der Waals surface area contributed by atoms with E-state index in [2.05, 4.69) is 70.5 Å². The van der Waals surface area contributed by atoms with Gasteiger partial charge in [0.1, 0.15) is 5.78 Å². The van der Waals surface area contributed by atoms with Gasteiger partial charge in [0.15, 0.2) is 0 Å². The van der Waals surface area contributed by atoms with Gasteiger partial charge >= 0.3 is 0 Å². The first-order valence-electron chi connectivity index (χ1n) is 12.6. The van der Waals surface area contributed by atoms with Crippen molar-refractivity contribution in [2.45, 2.75) is 32.1 Å². The molecule has 5 rings (SSSR count). The van der Waals surface area contributed by atoms with Gasteiger partial charge in [0, 0.05) is 38.5 Å². The number of rotatable bonds is 5. The summed E-state index contributed by atoms with van der Waals surface area (Å²) in [6.07, 6.45) is 4.44. The molecule has 1 heterocycles. The van der Waals surface area contributed by atoms with E-state index in [1.165, 1.54) is 37.9 Å². The molecule has 1 saturated heterocycles. The lowest BCUT2D eigenvalue weighted by Gasteiger charge is -2.18. The molecule has 0 bridgehead atoms. The molecule has 1 aliphatic rings. The molecule has 33 heavy (non-hydrogen) atoms. The van der Waals surface area contributed by atoms with Gasteiger partial charge in [-0.1, -0.05) is 54.6 Å². The fourth-order valence-corrected chi connectivity index (χ4v) is 5.42. The topological polar surface area (TPSA) is 53.2 Å². The van der Waals surface area contributed by atoms with Gasteiger partial charge < -0.3 is 16.0 Å². The molecule has 0 amide bonds. The van der Waals surface area contributed by atoms with E-state index in [9.17, 15) is 4.79 Å². The number of benzene rings is 4. The van der Waals surface area contributed by atoms with Crippen molar-refractivity contribution in [2.24, 2.45) is 5.92 Å². The Kier molecular flexibility index (Phi) is 7.15. The lowest BCUT2D eigenvalue weighted by molar-refractivity contribution is -0.123. The number of aryl methyl sites for hydroxylation is 1. The number of nitrogens with one attached hydrogen (secondary N) is 3. The minimum atomic E-state index is 0.166. The molecular formula is C29H35N3O. The molecule has 0 aliphatic carbocycles. The second-order valence-electron chi connectivity index (χ2n) is 9.42. The number of carbonyl (C=O) groups excluding carboxylic acids is 1. The first-order valence-corrected chi connectivity index (χ1v) is 12.6. The normalized spacial score (nSPS) is 17.3. The highest BCUT2D eigenvalue weighted by Gasteiger charge is 2.18. The van der Waals surface area contributed by atoms with Crippen molar-refractivity contribution in [3.05, 3.63) is 60.2 Å². The van der Waals surface area contributed by atoms with Gasteiger partial charge in [0.25, 0.3) is 0 Å². The van der Waals surface area contributed by atoms with Crippen molar-refractivity contribution < 1.29 is 4.79 Å². The molecule has 0 spiro atoms. The quantitative estimate of drug-likeness (QED) is 0.395. The van der Waals surface area contributed by atoms with E-state index in [0.717, 1.165) is 65.0 Å². The average Bonchev–Trinajstić information content (AvgIpc) is 2.83. The van der Waals surface area contributed by atoms with Gasteiger partial charge in [-0.3, -0.25) is 4.79 Å². The van der Waals surface area contributed by atoms with Crippen LogP contribution in [-0.4, -0.2) is 45.1 Å². The zero-order chi connectivity index (χ0) is 22.5. The monoisotopic (exact) mass is 441 g/mol. The van der Waals surface area contributed by atoms with E-state index in [-0.39, 0.29) is 5.92 Å². The van der Waals surface area contributed by atoms with Crippen LogP contribution < -0.4 is 16.0 Å². The predicted molar refractivity (Wildman–Crippen MR) is 139 cm³/mol. The molecule has 0 atom stereocenters. The second-order valence-corrected chi connectivity index (χ2v) is 9.42. The fraction of sp³-hybridized carbons (Fsp3) is 0.414. The van der Waals surface area contributed by atoms with Crippen molar-refractivity contribution in [1.82, 2.24) is 16.0 Å². The van der Waals surface area contributed by atoms with E-state index >= 15 is 0 Å². The van der Waals surface area contributed by atoms with E-state index in [0.29, 0.717) is 12.2 Å². The Bertz CT molecular complexity index is 1190. The Morgan fingerprint density at radius 3 is 1.97 bits per heavy atom. The SMILES string of the molecule is O=C(CCCc1ccc2ccc3cccc4ccc1c2c34)C1CCNCCNCCNCC1. The van der Waals surface area contributed by atoms with Crippen molar-refractivity contribution in [3.63, 3.8) is 0 Å². The fourth-order valence-electron chi connectivity index (χ4n) is 5.42. The Morgan fingerprint density at radius 1 is 0.697 bits per heavy atom. The van der Waals surface area contributed by atoms with Crippen LogP contribution in [0.1, 0.15) is 31.2 Å². The van der Waals surface area contributed by atoms with E-state index in [1.54, 1.807) is 0 Å². The van der Waals surface area contributed by atoms with Gasteiger partial charge in [-0.2, -0.15) is 0 Å². The number of ketones is 1. The standard InChI is InChI=1S/C29H35N3O/c33-27(22-13-15-30-17-19-32-20-18-31-16-14-22)6-2-3-21-7-8-25-10-9-23-4-1-5-24-11-12-26(21)29(25)28(23)24/h1,4-5,7-12,22,30-32H,2-3,6,13-20H2. The van der Waals surface area contributed by atoms with Crippen LogP contribution >= 0.6 is 0 Å². The number of hydrogen-bond donors (Lipinski definition) is 3. The molecule has 4 aromatic carbocycles. The summed E-state index contributed by atoms with van der Waals surface area (Å²) < 4.78 is 0. The average molecular weight is 442 g/mol. The van der Waals surface area contributed by atoms with Gasteiger partial charge in [-0.15, -0.1) is 0 Å². The molecule has 0 unspecified atom stereocenters.